The molecule has 0 radical (unpaired) electrons. The molecule has 6 nitrogen and oxygen atoms in total. The zero-order valence-electron chi connectivity index (χ0n) is 17.1. The van der Waals surface area contributed by atoms with Crippen LogP contribution in [0.5, 0.6) is 0 Å². The molecule has 0 saturated carbocycles. The van der Waals surface area contributed by atoms with E-state index in [0.717, 1.165) is 37.0 Å². The minimum Gasteiger partial charge on any atom is -0.356 e. The van der Waals surface area contributed by atoms with E-state index >= 15 is 0 Å². The molecule has 0 spiro atoms. The van der Waals surface area contributed by atoms with Crippen LogP contribution in [0.25, 0.3) is 0 Å². The molecule has 0 unspecified atom stereocenters. The number of piperidine rings is 1. The van der Waals surface area contributed by atoms with Gasteiger partial charge in [-0.3, -0.25) is 9.79 Å². The largest absolute Gasteiger partial charge is 0.356 e. The Morgan fingerprint density at radius 3 is 2.63 bits per heavy atom. The van der Waals surface area contributed by atoms with Gasteiger partial charge < -0.3 is 20.9 Å². The Bertz CT molecular complexity index is 608. The van der Waals surface area contributed by atoms with Crippen LogP contribution in [0.2, 0.25) is 0 Å². The van der Waals surface area contributed by atoms with Gasteiger partial charge in [-0.05, 0) is 68.9 Å². The van der Waals surface area contributed by atoms with Gasteiger partial charge in [-0.2, -0.15) is 0 Å². The van der Waals surface area contributed by atoms with Crippen LogP contribution in [-0.4, -0.2) is 63.6 Å². The summed E-state index contributed by atoms with van der Waals surface area (Å²) in [6.45, 7) is 7.64. The second kappa shape index (κ2) is 11.6. The fourth-order valence-corrected chi connectivity index (χ4v) is 3.54. The van der Waals surface area contributed by atoms with E-state index in [1.807, 2.05) is 24.3 Å². The van der Waals surface area contributed by atoms with Crippen molar-refractivity contribution in [2.24, 2.45) is 10.9 Å². The van der Waals surface area contributed by atoms with Crippen molar-refractivity contribution in [3.63, 3.8) is 0 Å². The van der Waals surface area contributed by atoms with Crippen LogP contribution in [0, 0.1) is 5.92 Å². The highest BCUT2D eigenvalue weighted by Crippen LogP contribution is 2.19. The van der Waals surface area contributed by atoms with Gasteiger partial charge in [0.25, 0.3) is 5.91 Å². The van der Waals surface area contributed by atoms with Gasteiger partial charge in [-0.15, -0.1) is 0 Å². The fraction of sp³-hybridized carbons (Fsp3) is 0.619. The summed E-state index contributed by atoms with van der Waals surface area (Å²) >= 11 is 0. The average molecular weight is 374 g/mol. The zero-order valence-corrected chi connectivity index (χ0v) is 17.1. The van der Waals surface area contributed by atoms with E-state index in [-0.39, 0.29) is 5.91 Å². The van der Waals surface area contributed by atoms with E-state index in [1.165, 1.54) is 38.9 Å². The Kier molecular flexibility index (Phi) is 9.11. The normalized spacial score (nSPS) is 16.2. The summed E-state index contributed by atoms with van der Waals surface area (Å²) in [5.41, 5.74) is 1.84. The first-order chi connectivity index (χ1) is 13.2. The Labute approximate surface area is 163 Å². The third kappa shape index (κ3) is 7.21. The average Bonchev–Trinajstić information content (AvgIpc) is 2.72. The molecule has 2 rings (SSSR count). The minimum atomic E-state index is -0.0490. The van der Waals surface area contributed by atoms with Crippen molar-refractivity contribution in [3.8, 4) is 0 Å². The smallest absolute Gasteiger partial charge is 0.251 e. The molecule has 1 aromatic rings. The van der Waals surface area contributed by atoms with Gasteiger partial charge in [0.05, 0.1) is 0 Å². The lowest BCUT2D eigenvalue weighted by Gasteiger charge is -2.31. The SMILES string of the molecule is CCN1CCC(CCNC(=NC)NCCc2cccc(C(=O)NC)c2)CC1. The molecule has 1 heterocycles. The van der Waals surface area contributed by atoms with Gasteiger partial charge in [0.15, 0.2) is 5.96 Å². The number of carbonyl (C=O) groups is 1. The van der Waals surface area contributed by atoms with Gasteiger partial charge in [-0.25, -0.2) is 0 Å². The van der Waals surface area contributed by atoms with Crippen LogP contribution in [0.4, 0.5) is 0 Å². The van der Waals surface area contributed by atoms with Crippen molar-refractivity contribution < 1.29 is 4.79 Å². The number of amides is 1. The number of carbonyl (C=O) groups excluding carboxylic acids is 1. The molecule has 1 aliphatic rings. The predicted octanol–water partition coefficient (Wildman–Crippen LogP) is 1.88. The molecule has 0 aromatic heterocycles. The second-order valence-electron chi connectivity index (χ2n) is 7.12. The molecule has 1 fully saturated rings. The van der Waals surface area contributed by atoms with E-state index in [4.69, 9.17) is 0 Å². The third-order valence-corrected chi connectivity index (χ3v) is 5.35. The third-order valence-electron chi connectivity index (χ3n) is 5.35. The van der Waals surface area contributed by atoms with E-state index in [9.17, 15) is 4.79 Å². The first-order valence-corrected chi connectivity index (χ1v) is 10.1. The molecule has 1 saturated heterocycles. The molecule has 0 aliphatic carbocycles. The van der Waals surface area contributed by atoms with Crippen LogP contribution >= 0.6 is 0 Å². The van der Waals surface area contributed by atoms with E-state index < -0.39 is 0 Å². The highest BCUT2D eigenvalue weighted by atomic mass is 16.1. The Morgan fingerprint density at radius 1 is 1.22 bits per heavy atom. The number of guanidine groups is 1. The lowest BCUT2D eigenvalue weighted by Crippen LogP contribution is -2.40. The van der Waals surface area contributed by atoms with Crippen molar-refractivity contribution in [1.29, 1.82) is 0 Å². The maximum atomic E-state index is 11.7. The molecule has 0 atom stereocenters. The summed E-state index contributed by atoms with van der Waals surface area (Å²) in [6, 6.07) is 7.75. The molecule has 6 heteroatoms. The van der Waals surface area contributed by atoms with Crippen LogP contribution in [0.3, 0.4) is 0 Å². The maximum absolute atomic E-state index is 11.7. The first kappa shape index (κ1) is 21.2. The molecule has 3 N–H and O–H groups in total. The molecule has 0 bridgehead atoms. The Balaban J connectivity index is 1.66. The molecule has 1 aliphatic heterocycles. The van der Waals surface area contributed by atoms with Gasteiger partial charge >= 0.3 is 0 Å². The van der Waals surface area contributed by atoms with Crippen molar-refractivity contribution in [3.05, 3.63) is 35.4 Å². The number of rotatable bonds is 8. The number of hydrogen-bond donors (Lipinski definition) is 3. The van der Waals surface area contributed by atoms with Crippen molar-refractivity contribution >= 4 is 11.9 Å². The van der Waals surface area contributed by atoms with Crippen molar-refractivity contribution in [2.75, 3.05) is 46.8 Å². The van der Waals surface area contributed by atoms with E-state index in [0.29, 0.717) is 5.56 Å². The van der Waals surface area contributed by atoms with Gasteiger partial charge in [0.2, 0.25) is 0 Å². The van der Waals surface area contributed by atoms with E-state index in [1.54, 1.807) is 14.1 Å². The lowest BCUT2D eigenvalue weighted by molar-refractivity contribution is 0.0963. The van der Waals surface area contributed by atoms with Gasteiger partial charge in [0, 0.05) is 32.7 Å². The van der Waals surface area contributed by atoms with Crippen LogP contribution in [0.15, 0.2) is 29.3 Å². The highest BCUT2D eigenvalue weighted by Gasteiger charge is 2.17. The number of nitrogens with one attached hydrogen (secondary N) is 3. The number of nitrogens with zero attached hydrogens (tertiary/aromatic N) is 2. The molecule has 27 heavy (non-hydrogen) atoms. The number of hydrogen-bond acceptors (Lipinski definition) is 3. The molecule has 150 valence electrons. The number of aliphatic imine (C=N–C) groups is 1. The Hall–Kier alpha value is -2.08. The summed E-state index contributed by atoms with van der Waals surface area (Å²) in [4.78, 5) is 18.6. The van der Waals surface area contributed by atoms with Crippen molar-refractivity contribution in [1.82, 2.24) is 20.9 Å². The van der Waals surface area contributed by atoms with Crippen molar-refractivity contribution in [2.45, 2.75) is 32.6 Å². The summed E-state index contributed by atoms with van der Waals surface area (Å²) in [5.74, 6) is 1.63. The minimum absolute atomic E-state index is 0.0490. The molecule has 1 amide bonds. The molecular weight excluding hydrogens is 338 g/mol. The molecule has 1 aromatic carbocycles. The summed E-state index contributed by atoms with van der Waals surface area (Å²) in [5, 5.41) is 9.45. The summed E-state index contributed by atoms with van der Waals surface area (Å²) in [6.07, 6.45) is 4.67. The summed E-state index contributed by atoms with van der Waals surface area (Å²) in [7, 11) is 3.46. The standard InChI is InChI=1S/C21H35N5O/c1-4-26-14-10-17(11-15-26)8-12-24-21(23-3)25-13-9-18-6-5-7-19(16-18)20(27)22-2/h5-7,16-17H,4,8-15H2,1-3H3,(H,22,27)(H2,23,24,25). The maximum Gasteiger partial charge on any atom is 0.251 e. The zero-order chi connectivity index (χ0) is 19.5. The number of benzene rings is 1. The van der Waals surface area contributed by atoms with Crippen LogP contribution in [0.1, 0.15) is 42.1 Å². The fourth-order valence-electron chi connectivity index (χ4n) is 3.54. The van der Waals surface area contributed by atoms with Gasteiger partial charge in [0.1, 0.15) is 0 Å². The van der Waals surface area contributed by atoms with Gasteiger partial charge in [-0.1, -0.05) is 19.1 Å². The quantitative estimate of drug-likeness (QED) is 0.481. The molecular formula is C21H35N5O. The van der Waals surface area contributed by atoms with Crippen LogP contribution < -0.4 is 16.0 Å². The Morgan fingerprint density at radius 2 is 1.96 bits per heavy atom. The first-order valence-electron chi connectivity index (χ1n) is 10.1. The highest BCUT2D eigenvalue weighted by molar-refractivity contribution is 5.94. The second-order valence-corrected chi connectivity index (χ2v) is 7.12. The number of likely N-dealkylation sites (tertiary alicyclic amines) is 1. The lowest BCUT2D eigenvalue weighted by atomic mass is 9.93. The predicted molar refractivity (Wildman–Crippen MR) is 112 cm³/mol. The van der Waals surface area contributed by atoms with Crippen LogP contribution in [-0.2, 0) is 6.42 Å². The topological polar surface area (TPSA) is 68.8 Å². The summed E-state index contributed by atoms with van der Waals surface area (Å²) < 4.78 is 0. The van der Waals surface area contributed by atoms with E-state index in [2.05, 4.69) is 32.8 Å². The monoisotopic (exact) mass is 373 g/mol.